The molecule has 1 unspecified atom stereocenters. The van der Waals surface area contributed by atoms with E-state index in [1.165, 1.54) is 22.9 Å². The number of nitrogens with zero attached hydrogens (tertiary/aromatic N) is 5. The van der Waals surface area contributed by atoms with Crippen molar-refractivity contribution >= 4 is 44.0 Å². The van der Waals surface area contributed by atoms with Crippen LogP contribution in [-0.2, 0) is 17.5 Å². The third kappa shape index (κ3) is 11.5. The van der Waals surface area contributed by atoms with Gasteiger partial charge in [0.2, 0.25) is 6.35 Å². The molecule has 4 heterocycles. The van der Waals surface area contributed by atoms with Gasteiger partial charge in [0.15, 0.2) is 5.75 Å². The van der Waals surface area contributed by atoms with E-state index in [-0.39, 0.29) is 42.8 Å². The summed E-state index contributed by atoms with van der Waals surface area (Å²) >= 11 is 3.55. The first kappa shape index (κ1) is 45.2. The molecule has 0 bridgehead atoms. The number of morpholine rings is 1. The number of hydrogen-bond acceptors (Lipinski definition) is 11. The van der Waals surface area contributed by atoms with Crippen LogP contribution in [0.15, 0.2) is 52.0 Å². The summed E-state index contributed by atoms with van der Waals surface area (Å²) in [7, 11) is 0. The van der Waals surface area contributed by atoms with E-state index in [1.807, 2.05) is 26.0 Å². The van der Waals surface area contributed by atoms with Gasteiger partial charge in [0.25, 0.3) is 5.56 Å². The van der Waals surface area contributed by atoms with Gasteiger partial charge >= 0.3 is 12.4 Å². The van der Waals surface area contributed by atoms with E-state index in [9.17, 15) is 36.2 Å². The van der Waals surface area contributed by atoms with Crippen LogP contribution in [0.4, 0.5) is 43.5 Å². The molecule has 0 saturated carbocycles. The quantitative estimate of drug-likeness (QED) is 0.0539. The van der Waals surface area contributed by atoms with Gasteiger partial charge in [-0.15, -0.1) is 0 Å². The number of benzene rings is 2. The van der Waals surface area contributed by atoms with Crippen molar-refractivity contribution in [1.82, 2.24) is 19.4 Å². The summed E-state index contributed by atoms with van der Waals surface area (Å²) < 4.78 is 104. The van der Waals surface area contributed by atoms with E-state index in [2.05, 4.69) is 41.4 Å². The van der Waals surface area contributed by atoms with Crippen LogP contribution < -0.4 is 30.6 Å². The molecule has 19 heteroatoms. The number of anilines is 3. The highest BCUT2D eigenvalue weighted by atomic mass is 79.9. The molecule has 1 saturated heterocycles. The van der Waals surface area contributed by atoms with E-state index >= 15 is 0 Å². The van der Waals surface area contributed by atoms with Crippen molar-refractivity contribution in [2.24, 2.45) is 0 Å². The highest BCUT2D eigenvalue weighted by Crippen LogP contribution is 2.46. The number of pyridine rings is 1. The molecule has 3 atom stereocenters. The lowest BCUT2D eigenvalue weighted by Gasteiger charge is -2.39. The van der Waals surface area contributed by atoms with Crippen LogP contribution in [0.2, 0.25) is 0 Å². The number of rotatable bonds is 17. The zero-order valence-corrected chi connectivity index (χ0v) is 35.2. The van der Waals surface area contributed by atoms with Gasteiger partial charge in [-0.2, -0.15) is 26.3 Å². The predicted molar refractivity (Wildman–Crippen MR) is 220 cm³/mol. The number of aryl methyl sites for hydroxylation is 3. The topological polar surface area (TPSA) is 126 Å². The number of hydrogen-bond donors (Lipinski definition) is 3. The Morgan fingerprint density at radius 1 is 1.00 bits per heavy atom. The van der Waals surface area contributed by atoms with Crippen molar-refractivity contribution in [3.05, 3.63) is 74.4 Å². The lowest BCUT2D eigenvalue weighted by Crippen LogP contribution is -2.47. The molecule has 4 aromatic rings. The standard InChI is InChI=1S/C41H50BrF6N7O5/c1-4-27-22-60-38-33(55(27)24-40(43,44)45)11-10-32-37(38)29(41(46,47)48)17-36(56)54(32)13-9-7-5-6-8-12-53-14-15-58-28(21-53)23-59-34-16-25(2)30(42)18-31(34)51-39(57)52-35-20-49-26(3)19-50-35/h10-11,16-20,27-28,39,51,57H,4-9,12-15,21-24H2,1-3H3,(H,50,52)/t27-,28+,39?/m1/s1. The van der Waals surface area contributed by atoms with Gasteiger partial charge in [-0.1, -0.05) is 42.1 Å². The number of unbranched alkanes of at least 4 members (excludes halogenated alkanes) is 4. The number of ether oxygens (including phenoxy) is 3. The van der Waals surface area contributed by atoms with Gasteiger partial charge in [-0.05, 0) is 69.5 Å². The van der Waals surface area contributed by atoms with Crippen molar-refractivity contribution in [2.75, 3.05) is 61.5 Å². The summed E-state index contributed by atoms with van der Waals surface area (Å²) in [5.74, 6) is 0.658. The average molecular weight is 915 g/mol. The van der Waals surface area contributed by atoms with E-state index in [0.717, 1.165) is 59.4 Å². The fraction of sp³-hybridized carbons (Fsp3) is 0.537. The van der Waals surface area contributed by atoms with Crippen LogP contribution in [0, 0.1) is 13.8 Å². The third-order valence-electron chi connectivity index (χ3n) is 10.6. The Labute approximate surface area is 352 Å². The van der Waals surface area contributed by atoms with Gasteiger partial charge in [0.05, 0.1) is 58.6 Å². The monoisotopic (exact) mass is 913 g/mol. The van der Waals surface area contributed by atoms with Crippen LogP contribution in [0.5, 0.6) is 11.5 Å². The molecular weight excluding hydrogens is 864 g/mol. The maximum atomic E-state index is 14.3. The summed E-state index contributed by atoms with van der Waals surface area (Å²) in [5.41, 5.74) is 0.110. The number of alkyl halides is 6. The first-order valence-electron chi connectivity index (χ1n) is 20.0. The lowest BCUT2D eigenvalue weighted by molar-refractivity contribution is -0.136. The molecule has 3 N–H and O–H groups in total. The summed E-state index contributed by atoms with van der Waals surface area (Å²) in [6, 6.07) is 6.18. The molecular formula is C41H50BrF6N7O5. The van der Waals surface area contributed by atoms with Crippen molar-refractivity contribution in [1.29, 1.82) is 0 Å². The summed E-state index contributed by atoms with van der Waals surface area (Å²) in [5, 5.41) is 16.1. The second-order valence-corrected chi connectivity index (χ2v) is 16.0. The van der Waals surface area contributed by atoms with Gasteiger partial charge < -0.3 is 39.4 Å². The molecule has 2 aliphatic rings. The second-order valence-electron chi connectivity index (χ2n) is 15.2. The van der Waals surface area contributed by atoms with Crippen LogP contribution in [0.3, 0.4) is 0 Å². The smallest absolute Gasteiger partial charge is 0.417 e. The van der Waals surface area contributed by atoms with E-state index in [0.29, 0.717) is 49.3 Å². The van der Waals surface area contributed by atoms with Crippen molar-refractivity contribution in [2.45, 2.75) is 96.7 Å². The normalized spacial score (nSPS) is 17.9. The number of fused-ring (bicyclic) bond motifs is 3. The fourth-order valence-corrected chi connectivity index (χ4v) is 7.90. The molecule has 0 aliphatic carbocycles. The minimum atomic E-state index is -4.93. The van der Waals surface area contributed by atoms with Gasteiger partial charge in [-0.3, -0.25) is 14.7 Å². The number of aliphatic hydroxyl groups is 1. The first-order valence-corrected chi connectivity index (χ1v) is 20.8. The first-order chi connectivity index (χ1) is 28.5. The zero-order chi connectivity index (χ0) is 43.2. The molecule has 0 radical (unpaired) electrons. The van der Waals surface area contributed by atoms with E-state index in [4.69, 9.17) is 14.2 Å². The minimum absolute atomic E-state index is 0.0212. The molecule has 0 amide bonds. The van der Waals surface area contributed by atoms with E-state index in [1.54, 1.807) is 13.1 Å². The average Bonchev–Trinajstić information content (AvgIpc) is 3.18. The molecule has 6 rings (SSSR count). The Hall–Kier alpha value is -4.33. The second kappa shape index (κ2) is 19.6. The fourth-order valence-electron chi connectivity index (χ4n) is 7.56. The Kier molecular flexibility index (Phi) is 14.8. The van der Waals surface area contributed by atoms with Crippen molar-refractivity contribution in [3.63, 3.8) is 0 Å². The molecule has 2 aromatic carbocycles. The Morgan fingerprint density at radius 2 is 1.75 bits per heavy atom. The summed E-state index contributed by atoms with van der Waals surface area (Å²) in [6.45, 7) is 7.15. The number of aliphatic hydroxyl groups excluding tert-OH is 1. The number of nitrogens with one attached hydrogen (secondary N) is 2. The lowest BCUT2D eigenvalue weighted by atomic mass is 10.0. The zero-order valence-electron chi connectivity index (χ0n) is 33.6. The molecule has 12 nitrogen and oxygen atoms in total. The van der Waals surface area contributed by atoms with Crippen molar-refractivity contribution in [3.8, 4) is 11.5 Å². The Bertz CT molecular complexity index is 2140. The highest BCUT2D eigenvalue weighted by molar-refractivity contribution is 9.10. The minimum Gasteiger partial charge on any atom is -0.489 e. The van der Waals surface area contributed by atoms with Crippen LogP contribution >= 0.6 is 15.9 Å². The van der Waals surface area contributed by atoms with Gasteiger partial charge in [-0.25, -0.2) is 4.98 Å². The molecule has 0 spiro atoms. The SMILES string of the molecule is CC[C@@H]1COc2c(ccc3c2c(C(F)(F)F)cc(=O)n3CCCCCCCN2CCO[C@H](COc3cc(C)c(Br)cc3NC(O)Nc3cnc(C)cn3)C2)N1CC(F)(F)F. The summed E-state index contributed by atoms with van der Waals surface area (Å²) in [4.78, 5) is 24.8. The Morgan fingerprint density at radius 3 is 2.45 bits per heavy atom. The number of halogens is 7. The molecule has 2 aromatic heterocycles. The van der Waals surface area contributed by atoms with Gasteiger partial charge in [0, 0.05) is 30.2 Å². The maximum absolute atomic E-state index is 14.3. The van der Waals surface area contributed by atoms with E-state index < -0.39 is 47.8 Å². The number of aromatic nitrogens is 3. The molecule has 60 heavy (non-hydrogen) atoms. The van der Waals surface area contributed by atoms with Crippen molar-refractivity contribution < 1.29 is 45.7 Å². The highest BCUT2D eigenvalue weighted by Gasteiger charge is 2.41. The summed E-state index contributed by atoms with van der Waals surface area (Å²) in [6.07, 6.45) is -3.58. The molecule has 328 valence electrons. The molecule has 1 fully saturated rings. The van der Waals surface area contributed by atoms with Crippen LogP contribution in [0.25, 0.3) is 10.9 Å². The molecule has 2 aliphatic heterocycles. The van der Waals surface area contributed by atoms with Gasteiger partial charge in [0.1, 0.15) is 37.4 Å². The van der Waals surface area contributed by atoms with Crippen LogP contribution in [0.1, 0.15) is 62.3 Å². The Balaban J connectivity index is 0.997. The third-order valence-corrected chi connectivity index (χ3v) is 11.5. The van der Waals surface area contributed by atoms with Crippen LogP contribution in [-0.4, -0.2) is 95.2 Å². The maximum Gasteiger partial charge on any atom is 0.417 e. The predicted octanol–water partition coefficient (Wildman–Crippen LogP) is 8.26. The largest absolute Gasteiger partial charge is 0.489 e.